The molecule has 6 heteroatoms. The normalized spacial score (nSPS) is 10.0. The number of aryl methyl sites for hydroxylation is 2. The molecule has 0 saturated heterocycles. The second kappa shape index (κ2) is 6.69. The zero-order valence-electron chi connectivity index (χ0n) is 11.5. The van der Waals surface area contributed by atoms with Gasteiger partial charge in [-0.15, -0.1) is 0 Å². The van der Waals surface area contributed by atoms with Gasteiger partial charge in [0.05, 0.1) is 12.5 Å². The Labute approximate surface area is 112 Å². The van der Waals surface area contributed by atoms with Crippen molar-refractivity contribution < 1.29 is 4.79 Å². The van der Waals surface area contributed by atoms with Crippen molar-refractivity contribution in [2.75, 3.05) is 13.6 Å². The summed E-state index contributed by atoms with van der Waals surface area (Å²) in [5, 5.41) is 8.46. The molecule has 0 aliphatic carbocycles. The Balaban J connectivity index is 2.65. The van der Waals surface area contributed by atoms with Gasteiger partial charge in [0.2, 0.25) is 5.91 Å². The fraction of sp³-hybridized carbons (Fsp3) is 0.538. The summed E-state index contributed by atoms with van der Waals surface area (Å²) < 4.78 is 1.49. The highest BCUT2D eigenvalue weighted by Gasteiger charge is 2.10. The molecule has 1 rings (SSSR count). The van der Waals surface area contributed by atoms with Gasteiger partial charge < -0.3 is 4.90 Å². The summed E-state index contributed by atoms with van der Waals surface area (Å²) in [7, 11) is 1.66. The van der Waals surface area contributed by atoms with Crippen LogP contribution in [0, 0.1) is 25.2 Å². The third kappa shape index (κ3) is 4.21. The Hall–Kier alpha value is -2.16. The first-order valence-corrected chi connectivity index (χ1v) is 6.11. The van der Waals surface area contributed by atoms with Gasteiger partial charge in [-0.3, -0.25) is 9.36 Å². The van der Waals surface area contributed by atoms with Crippen molar-refractivity contribution in [1.82, 2.24) is 14.5 Å². The topological polar surface area (TPSA) is 79.0 Å². The number of carbonyl (C=O) groups excluding carboxylic acids is 1. The van der Waals surface area contributed by atoms with Crippen LogP contribution in [-0.2, 0) is 11.3 Å². The fourth-order valence-corrected chi connectivity index (χ4v) is 1.79. The second-order valence-electron chi connectivity index (χ2n) is 4.45. The van der Waals surface area contributed by atoms with Crippen molar-refractivity contribution in [3.05, 3.63) is 27.9 Å². The number of nitrogens with zero attached hydrogens (tertiary/aromatic N) is 4. The lowest BCUT2D eigenvalue weighted by atomic mass is 10.3. The minimum Gasteiger partial charge on any atom is -0.345 e. The van der Waals surface area contributed by atoms with Crippen LogP contribution in [0.3, 0.4) is 0 Å². The van der Waals surface area contributed by atoms with Crippen molar-refractivity contribution >= 4 is 5.91 Å². The molecule has 102 valence electrons. The lowest BCUT2D eigenvalue weighted by Gasteiger charge is -2.16. The van der Waals surface area contributed by atoms with Gasteiger partial charge in [-0.1, -0.05) is 0 Å². The van der Waals surface area contributed by atoms with E-state index in [1.165, 1.54) is 9.47 Å². The molecule has 0 unspecified atom stereocenters. The molecule has 0 bridgehead atoms. The number of carbonyl (C=O) groups is 1. The van der Waals surface area contributed by atoms with Gasteiger partial charge in [0, 0.05) is 37.9 Å². The molecule has 0 N–H and O–H groups in total. The summed E-state index contributed by atoms with van der Waals surface area (Å²) >= 11 is 0. The van der Waals surface area contributed by atoms with E-state index in [-0.39, 0.29) is 18.0 Å². The molecule has 1 heterocycles. The highest BCUT2D eigenvalue weighted by atomic mass is 16.2. The second-order valence-corrected chi connectivity index (χ2v) is 4.45. The Bertz CT molecular complexity index is 557. The number of aromatic nitrogens is 2. The van der Waals surface area contributed by atoms with Crippen LogP contribution in [0.15, 0.2) is 10.9 Å². The maximum atomic E-state index is 11.8. The van der Waals surface area contributed by atoms with E-state index in [0.29, 0.717) is 25.2 Å². The number of hydrogen-bond acceptors (Lipinski definition) is 4. The molecule has 0 radical (unpaired) electrons. The Morgan fingerprint density at radius 2 is 2.21 bits per heavy atom. The van der Waals surface area contributed by atoms with Crippen LogP contribution in [0.2, 0.25) is 0 Å². The van der Waals surface area contributed by atoms with Gasteiger partial charge >= 0.3 is 5.69 Å². The number of rotatable bonds is 5. The Kier molecular flexibility index (Phi) is 5.24. The average molecular weight is 262 g/mol. The van der Waals surface area contributed by atoms with Crippen molar-refractivity contribution in [2.24, 2.45) is 0 Å². The van der Waals surface area contributed by atoms with E-state index in [1.807, 2.05) is 19.1 Å². The van der Waals surface area contributed by atoms with Crippen LogP contribution >= 0.6 is 0 Å². The molecule has 1 amide bonds. The third-order valence-corrected chi connectivity index (χ3v) is 2.88. The van der Waals surface area contributed by atoms with Gasteiger partial charge in [0.15, 0.2) is 0 Å². The molecule has 0 atom stereocenters. The predicted octanol–water partition coefficient (Wildman–Crippen LogP) is 0.622. The number of amides is 1. The van der Waals surface area contributed by atoms with E-state index in [1.54, 1.807) is 14.0 Å². The minimum absolute atomic E-state index is 0.0814. The van der Waals surface area contributed by atoms with Crippen molar-refractivity contribution in [3.8, 4) is 6.07 Å². The van der Waals surface area contributed by atoms with Gasteiger partial charge in [-0.05, 0) is 19.9 Å². The SMILES string of the molecule is Cc1cc(C)n(CCC(=O)N(C)CCC#N)c(=O)n1. The molecule has 0 spiro atoms. The molecule has 1 aromatic heterocycles. The van der Waals surface area contributed by atoms with Crippen LogP contribution in [-0.4, -0.2) is 34.0 Å². The lowest BCUT2D eigenvalue weighted by Crippen LogP contribution is -2.31. The molecule has 0 aliphatic heterocycles. The predicted molar refractivity (Wildman–Crippen MR) is 70.5 cm³/mol. The van der Waals surface area contributed by atoms with E-state index in [2.05, 4.69) is 4.98 Å². The molecule has 19 heavy (non-hydrogen) atoms. The quantitative estimate of drug-likeness (QED) is 0.779. The first kappa shape index (κ1) is 14.9. The van der Waals surface area contributed by atoms with Crippen molar-refractivity contribution in [2.45, 2.75) is 33.2 Å². The first-order valence-electron chi connectivity index (χ1n) is 6.11. The summed E-state index contributed by atoms with van der Waals surface area (Å²) in [6.07, 6.45) is 0.542. The number of hydrogen-bond donors (Lipinski definition) is 0. The van der Waals surface area contributed by atoms with Gasteiger partial charge in [-0.25, -0.2) is 4.79 Å². The fourth-order valence-electron chi connectivity index (χ4n) is 1.79. The summed E-state index contributed by atoms with van der Waals surface area (Å²) in [5.74, 6) is -0.0814. The largest absolute Gasteiger partial charge is 0.347 e. The summed E-state index contributed by atoms with van der Waals surface area (Å²) in [4.78, 5) is 28.8. The van der Waals surface area contributed by atoms with Crippen LogP contribution in [0.1, 0.15) is 24.2 Å². The zero-order chi connectivity index (χ0) is 14.4. The smallest absolute Gasteiger partial charge is 0.345 e. The van der Waals surface area contributed by atoms with Crippen LogP contribution in [0.5, 0.6) is 0 Å². The highest BCUT2D eigenvalue weighted by molar-refractivity contribution is 5.75. The van der Waals surface area contributed by atoms with E-state index >= 15 is 0 Å². The van der Waals surface area contributed by atoms with Gasteiger partial charge in [-0.2, -0.15) is 10.2 Å². The third-order valence-electron chi connectivity index (χ3n) is 2.88. The van der Waals surface area contributed by atoms with Crippen LogP contribution < -0.4 is 5.69 Å². The van der Waals surface area contributed by atoms with E-state index < -0.39 is 0 Å². The molecule has 0 aliphatic rings. The number of nitriles is 1. The summed E-state index contributed by atoms with van der Waals surface area (Å²) in [6, 6.07) is 3.80. The maximum absolute atomic E-state index is 11.8. The summed E-state index contributed by atoms with van der Waals surface area (Å²) in [6.45, 7) is 4.31. The molecule has 0 aromatic carbocycles. The first-order chi connectivity index (χ1) is 8.95. The highest BCUT2D eigenvalue weighted by Crippen LogP contribution is 2.00. The van der Waals surface area contributed by atoms with Gasteiger partial charge in [0.25, 0.3) is 0 Å². The maximum Gasteiger partial charge on any atom is 0.347 e. The summed E-state index contributed by atoms with van der Waals surface area (Å²) in [5.41, 5.74) is 1.14. The molecule has 1 aromatic rings. The van der Waals surface area contributed by atoms with Crippen LogP contribution in [0.4, 0.5) is 0 Å². The Morgan fingerprint density at radius 3 is 2.79 bits per heavy atom. The molecule has 0 fully saturated rings. The monoisotopic (exact) mass is 262 g/mol. The standard InChI is InChI=1S/C13H18N4O2/c1-10-9-11(2)17(13(19)15-10)8-5-12(18)16(3)7-4-6-14/h9H,4-5,7-8H2,1-3H3. The van der Waals surface area contributed by atoms with Crippen molar-refractivity contribution in [1.29, 1.82) is 5.26 Å². The van der Waals surface area contributed by atoms with E-state index in [9.17, 15) is 9.59 Å². The average Bonchev–Trinajstić information content (AvgIpc) is 2.34. The van der Waals surface area contributed by atoms with E-state index in [4.69, 9.17) is 5.26 Å². The molecular weight excluding hydrogens is 244 g/mol. The Morgan fingerprint density at radius 1 is 1.53 bits per heavy atom. The molecular formula is C13H18N4O2. The van der Waals surface area contributed by atoms with Gasteiger partial charge in [0.1, 0.15) is 0 Å². The van der Waals surface area contributed by atoms with Crippen molar-refractivity contribution in [3.63, 3.8) is 0 Å². The van der Waals surface area contributed by atoms with Crippen LogP contribution in [0.25, 0.3) is 0 Å². The zero-order valence-corrected chi connectivity index (χ0v) is 11.5. The lowest BCUT2D eigenvalue weighted by molar-refractivity contribution is -0.130. The molecule has 0 saturated carbocycles. The minimum atomic E-state index is -0.329. The van der Waals surface area contributed by atoms with E-state index in [0.717, 1.165) is 5.69 Å². The molecule has 6 nitrogen and oxygen atoms in total.